The van der Waals surface area contributed by atoms with Crippen LogP contribution in [-0.2, 0) is 0 Å². The van der Waals surface area contributed by atoms with Crippen LogP contribution in [0.5, 0.6) is 11.5 Å². The lowest BCUT2D eigenvalue weighted by molar-refractivity contribution is -0.394. The second-order valence-corrected chi connectivity index (χ2v) is 7.94. The van der Waals surface area contributed by atoms with Crippen LogP contribution in [0.15, 0.2) is 74.7 Å². The lowest BCUT2D eigenvalue weighted by atomic mass is 10.2. The van der Waals surface area contributed by atoms with Gasteiger partial charge in [0, 0.05) is 16.1 Å². The molecular weight excluding hydrogens is 552 g/mol. The standard InChI is InChI=1S/C20H12Br2N4O6/c21-14-3-1-2-13(9-14)20(27)24-23-11-12-4-6-18(16(22)8-12)32-19-7-5-15(25(28)29)10-17(19)26(30)31/h1-11H,(H,24,27)/b23-11-. The summed E-state index contributed by atoms with van der Waals surface area (Å²) >= 11 is 6.61. The molecule has 12 heteroatoms. The van der Waals surface area contributed by atoms with Crippen LogP contribution in [0, 0.1) is 20.2 Å². The monoisotopic (exact) mass is 562 g/mol. The van der Waals surface area contributed by atoms with Gasteiger partial charge in [-0.15, -0.1) is 0 Å². The van der Waals surface area contributed by atoms with E-state index < -0.39 is 21.2 Å². The van der Waals surface area contributed by atoms with Gasteiger partial charge in [0.25, 0.3) is 11.6 Å². The van der Waals surface area contributed by atoms with Gasteiger partial charge in [-0.25, -0.2) is 5.43 Å². The van der Waals surface area contributed by atoms with Gasteiger partial charge in [0.05, 0.1) is 26.6 Å². The van der Waals surface area contributed by atoms with E-state index in [1.165, 1.54) is 12.3 Å². The Morgan fingerprint density at radius 2 is 1.72 bits per heavy atom. The molecule has 0 aliphatic carbocycles. The Labute approximate surface area is 197 Å². The van der Waals surface area contributed by atoms with Crippen molar-refractivity contribution >= 4 is 55.4 Å². The van der Waals surface area contributed by atoms with Gasteiger partial charge in [0.1, 0.15) is 5.75 Å². The van der Waals surface area contributed by atoms with Crippen LogP contribution in [-0.4, -0.2) is 22.0 Å². The molecule has 0 spiro atoms. The molecule has 1 amide bonds. The number of nitrogens with one attached hydrogen (secondary N) is 1. The minimum Gasteiger partial charge on any atom is -0.449 e. The Bertz CT molecular complexity index is 1250. The number of hydrazone groups is 1. The number of carbonyl (C=O) groups excluding carboxylic acids is 1. The molecule has 0 heterocycles. The highest BCUT2D eigenvalue weighted by Gasteiger charge is 2.21. The van der Waals surface area contributed by atoms with Crippen molar-refractivity contribution in [3.05, 3.63) is 101 Å². The Balaban J connectivity index is 1.73. The Kier molecular flexibility index (Phi) is 7.28. The van der Waals surface area contributed by atoms with Crippen molar-refractivity contribution in [3.8, 4) is 11.5 Å². The summed E-state index contributed by atoms with van der Waals surface area (Å²) in [4.78, 5) is 32.7. The van der Waals surface area contributed by atoms with Crippen molar-refractivity contribution in [2.75, 3.05) is 0 Å². The van der Waals surface area contributed by atoms with Crippen LogP contribution < -0.4 is 10.2 Å². The summed E-state index contributed by atoms with van der Waals surface area (Å²) in [5, 5.41) is 26.0. The van der Waals surface area contributed by atoms with Gasteiger partial charge in [-0.2, -0.15) is 5.10 Å². The van der Waals surface area contributed by atoms with E-state index >= 15 is 0 Å². The number of amides is 1. The molecule has 0 bridgehead atoms. The molecule has 0 atom stereocenters. The van der Waals surface area contributed by atoms with Gasteiger partial charge in [0.15, 0.2) is 0 Å². The number of carbonyl (C=O) groups is 1. The maximum absolute atomic E-state index is 12.1. The Morgan fingerprint density at radius 1 is 0.969 bits per heavy atom. The van der Waals surface area contributed by atoms with Crippen molar-refractivity contribution in [1.82, 2.24) is 5.43 Å². The molecule has 0 fully saturated rings. The number of halogens is 2. The molecule has 0 aliphatic heterocycles. The van der Waals surface area contributed by atoms with E-state index in [1.807, 2.05) is 0 Å². The van der Waals surface area contributed by atoms with Crippen molar-refractivity contribution in [2.45, 2.75) is 0 Å². The van der Waals surface area contributed by atoms with Gasteiger partial charge < -0.3 is 4.74 Å². The van der Waals surface area contributed by atoms with Crippen molar-refractivity contribution in [3.63, 3.8) is 0 Å². The molecule has 0 saturated carbocycles. The number of hydrogen-bond donors (Lipinski definition) is 1. The van der Waals surface area contributed by atoms with Crippen molar-refractivity contribution < 1.29 is 19.4 Å². The fourth-order valence-corrected chi connectivity index (χ4v) is 3.38. The molecule has 0 saturated heterocycles. The van der Waals surface area contributed by atoms with Crippen LogP contribution >= 0.6 is 31.9 Å². The lowest BCUT2D eigenvalue weighted by Crippen LogP contribution is -2.17. The quantitative estimate of drug-likeness (QED) is 0.226. The molecule has 32 heavy (non-hydrogen) atoms. The van der Waals surface area contributed by atoms with E-state index in [-0.39, 0.29) is 17.4 Å². The lowest BCUT2D eigenvalue weighted by Gasteiger charge is -2.08. The minimum atomic E-state index is -0.759. The van der Waals surface area contributed by atoms with Gasteiger partial charge in [-0.3, -0.25) is 25.0 Å². The first-order valence-electron chi connectivity index (χ1n) is 8.74. The third-order valence-electron chi connectivity index (χ3n) is 3.99. The van der Waals surface area contributed by atoms with Crippen LogP contribution in [0.3, 0.4) is 0 Å². The van der Waals surface area contributed by atoms with E-state index in [0.717, 1.165) is 22.7 Å². The van der Waals surface area contributed by atoms with Crippen LogP contribution in [0.1, 0.15) is 15.9 Å². The summed E-state index contributed by atoms with van der Waals surface area (Å²) in [5.41, 5.74) is 2.51. The first kappa shape index (κ1) is 23.0. The number of nitrogens with zero attached hydrogens (tertiary/aromatic N) is 3. The number of non-ortho nitro benzene ring substituents is 1. The van der Waals surface area contributed by atoms with E-state index in [4.69, 9.17) is 4.74 Å². The third-order valence-corrected chi connectivity index (χ3v) is 5.11. The molecular formula is C20H12Br2N4O6. The average Bonchev–Trinajstić information content (AvgIpc) is 2.75. The topological polar surface area (TPSA) is 137 Å². The highest BCUT2D eigenvalue weighted by Crippen LogP contribution is 2.37. The zero-order valence-electron chi connectivity index (χ0n) is 15.9. The Morgan fingerprint density at radius 3 is 2.38 bits per heavy atom. The van der Waals surface area contributed by atoms with Gasteiger partial charge in [-0.05, 0) is 64.0 Å². The SMILES string of the molecule is O=C(N/N=C\c1ccc(Oc2ccc([N+](=O)[O-])cc2[N+](=O)[O-])c(Br)c1)c1cccc(Br)c1. The fraction of sp³-hybridized carbons (Fsp3) is 0. The van der Waals surface area contributed by atoms with Gasteiger partial charge >= 0.3 is 5.69 Å². The fourth-order valence-electron chi connectivity index (χ4n) is 2.51. The largest absolute Gasteiger partial charge is 0.449 e. The predicted octanol–water partition coefficient (Wildman–Crippen LogP) is 5.58. The second-order valence-electron chi connectivity index (χ2n) is 6.17. The molecule has 0 aromatic heterocycles. The molecule has 3 aromatic carbocycles. The summed E-state index contributed by atoms with van der Waals surface area (Å²) in [6.07, 6.45) is 1.42. The van der Waals surface area contributed by atoms with Crippen LogP contribution in [0.4, 0.5) is 11.4 Å². The molecule has 3 rings (SSSR count). The average molecular weight is 564 g/mol. The van der Waals surface area contributed by atoms with Crippen LogP contribution in [0.25, 0.3) is 0 Å². The smallest absolute Gasteiger partial charge is 0.318 e. The zero-order chi connectivity index (χ0) is 23.3. The number of benzene rings is 3. The maximum atomic E-state index is 12.1. The number of nitro benzene ring substituents is 2. The molecule has 0 radical (unpaired) electrons. The first-order chi connectivity index (χ1) is 15.2. The predicted molar refractivity (Wildman–Crippen MR) is 123 cm³/mol. The minimum absolute atomic E-state index is 0.149. The number of hydrogen-bond acceptors (Lipinski definition) is 7. The van der Waals surface area contributed by atoms with E-state index in [2.05, 4.69) is 42.4 Å². The third kappa shape index (κ3) is 5.74. The highest BCUT2D eigenvalue weighted by atomic mass is 79.9. The number of rotatable bonds is 7. The van der Waals surface area contributed by atoms with E-state index in [1.54, 1.807) is 36.4 Å². The first-order valence-corrected chi connectivity index (χ1v) is 10.3. The zero-order valence-corrected chi connectivity index (χ0v) is 19.1. The van der Waals surface area contributed by atoms with E-state index in [0.29, 0.717) is 15.6 Å². The normalized spacial score (nSPS) is 10.7. The Hall–Kier alpha value is -3.64. The summed E-state index contributed by atoms with van der Waals surface area (Å²) in [6.45, 7) is 0. The van der Waals surface area contributed by atoms with Gasteiger partial charge in [-0.1, -0.05) is 22.0 Å². The summed E-state index contributed by atoms with van der Waals surface area (Å²) in [7, 11) is 0. The van der Waals surface area contributed by atoms with E-state index in [9.17, 15) is 25.0 Å². The van der Waals surface area contributed by atoms with Crippen molar-refractivity contribution in [1.29, 1.82) is 0 Å². The molecule has 162 valence electrons. The van der Waals surface area contributed by atoms with Crippen molar-refractivity contribution in [2.24, 2.45) is 5.10 Å². The summed E-state index contributed by atoms with van der Waals surface area (Å²) in [5.74, 6) is -0.284. The summed E-state index contributed by atoms with van der Waals surface area (Å²) < 4.78 is 6.79. The molecule has 0 unspecified atom stereocenters. The molecule has 1 N–H and O–H groups in total. The summed E-state index contributed by atoms with van der Waals surface area (Å²) in [6, 6.07) is 14.7. The molecule has 0 aliphatic rings. The number of ether oxygens (including phenoxy) is 1. The van der Waals surface area contributed by atoms with Gasteiger partial charge in [0.2, 0.25) is 5.75 Å². The maximum Gasteiger partial charge on any atom is 0.318 e. The second kappa shape index (κ2) is 10.1. The molecule has 3 aromatic rings. The molecule has 10 nitrogen and oxygen atoms in total. The van der Waals surface area contributed by atoms with Crippen LogP contribution in [0.2, 0.25) is 0 Å². The number of nitro groups is 2. The highest BCUT2D eigenvalue weighted by molar-refractivity contribution is 9.10.